The smallest absolute Gasteiger partial charge is 0.186 e. The molecular weight excluding hydrogens is 448 g/mol. The largest absolute Gasteiger partial charge is 0.349 e. The molecule has 32 heavy (non-hydrogen) atoms. The van der Waals surface area contributed by atoms with Gasteiger partial charge in [0.2, 0.25) is 0 Å². The van der Waals surface area contributed by atoms with Crippen molar-refractivity contribution in [3.8, 4) is 12.1 Å². The summed E-state index contributed by atoms with van der Waals surface area (Å²) < 4.78 is 112. The fourth-order valence-electron chi connectivity index (χ4n) is 2.65. The fourth-order valence-corrected chi connectivity index (χ4v) is 2.65. The number of hydrogen-bond donors (Lipinski definition) is 2. The second kappa shape index (κ2) is 8.43. The van der Waals surface area contributed by atoms with Gasteiger partial charge in [-0.25, -0.2) is 35.1 Å². The number of nitrogens with zero attached hydrogens (tertiary/aromatic N) is 2. The second-order valence-corrected chi connectivity index (χ2v) is 6.03. The number of nitrogens with one attached hydrogen (secondary N) is 2. The van der Waals surface area contributed by atoms with Crippen LogP contribution in [0.2, 0.25) is 0 Å². The van der Waals surface area contributed by atoms with Gasteiger partial charge in [0.05, 0.1) is 11.4 Å². The van der Waals surface area contributed by atoms with Crippen LogP contribution in [0.15, 0.2) is 24.3 Å². The highest BCUT2D eigenvalue weighted by Crippen LogP contribution is 2.36. The van der Waals surface area contributed by atoms with Crippen molar-refractivity contribution in [1.82, 2.24) is 0 Å². The quantitative estimate of drug-likeness (QED) is 0.373. The molecule has 3 rings (SSSR count). The first kappa shape index (κ1) is 22.4. The lowest BCUT2D eigenvalue weighted by Gasteiger charge is -2.17. The van der Waals surface area contributed by atoms with Gasteiger partial charge in [-0.2, -0.15) is 10.5 Å². The van der Waals surface area contributed by atoms with E-state index in [2.05, 4.69) is 0 Å². The van der Waals surface area contributed by atoms with Crippen LogP contribution in [0.5, 0.6) is 0 Å². The Morgan fingerprint density at radius 1 is 0.500 bits per heavy atom. The average Bonchev–Trinajstić information content (AvgIpc) is 2.78. The molecule has 0 unspecified atom stereocenters. The van der Waals surface area contributed by atoms with E-state index in [0.29, 0.717) is 0 Å². The molecule has 3 aromatic carbocycles. The maximum atomic E-state index is 14.2. The summed E-state index contributed by atoms with van der Waals surface area (Å²) in [5.74, 6) is -15.8. The molecule has 0 radical (unpaired) electrons. The third-order valence-corrected chi connectivity index (χ3v) is 4.20. The van der Waals surface area contributed by atoms with E-state index in [9.17, 15) is 35.1 Å². The van der Waals surface area contributed by atoms with E-state index in [1.54, 1.807) is 0 Å². The normalized spacial score (nSPS) is 10.4. The molecule has 0 bridgehead atoms. The van der Waals surface area contributed by atoms with Crippen molar-refractivity contribution in [2.75, 3.05) is 10.6 Å². The lowest BCUT2D eigenvalue weighted by atomic mass is 10.1. The van der Waals surface area contributed by atoms with Crippen molar-refractivity contribution < 1.29 is 35.1 Å². The molecule has 4 nitrogen and oxygen atoms in total. The number of rotatable bonds is 4. The summed E-state index contributed by atoms with van der Waals surface area (Å²) in [5.41, 5.74) is -6.65. The molecule has 0 saturated heterocycles. The SMILES string of the molecule is N#Cc1c(F)c(F)c(Nc2ccccc2Nc2c(F)c(F)c(C#N)c(F)c2F)c(F)c1F. The molecule has 0 atom stereocenters. The van der Waals surface area contributed by atoms with Crippen molar-refractivity contribution >= 4 is 22.7 Å². The van der Waals surface area contributed by atoms with Gasteiger partial charge in [-0.3, -0.25) is 0 Å². The Balaban J connectivity index is 2.11. The second-order valence-electron chi connectivity index (χ2n) is 6.03. The Bertz CT molecular complexity index is 1180. The van der Waals surface area contributed by atoms with Crippen molar-refractivity contribution in [3.05, 3.63) is 81.9 Å². The summed E-state index contributed by atoms with van der Waals surface area (Å²) in [6.07, 6.45) is 0. The molecule has 0 aromatic heterocycles. The van der Waals surface area contributed by atoms with Gasteiger partial charge in [0.25, 0.3) is 0 Å². The molecule has 0 fully saturated rings. The number of benzene rings is 3. The van der Waals surface area contributed by atoms with Gasteiger partial charge in [-0.1, -0.05) is 12.1 Å². The van der Waals surface area contributed by atoms with Crippen molar-refractivity contribution in [1.29, 1.82) is 10.5 Å². The molecule has 0 aliphatic rings. The van der Waals surface area contributed by atoms with Crippen LogP contribution in [0.1, 0.15) is 11.1 Å². The Morgan fingerprint density at radius 2 is 0.781 bits per heavy atom. The van der Waals surface area contributed by atoms with Gasteiger partial charge in [0, 0.05) is 0 Å². The highest BCUT2D eigenvalue weighted by molar-refractivity contribution is 5.79. The van der Waals surface area contributed by atoms with Gasteiger partial charge < -0.3 is 10.6 Å². The molecule has 162 valence electrons. The molecule has 0 aliphatic carbocycles. The lowest BCUT2D eigenvalue weighted by Crippen LogP contribution is -2.09. The van der Waals surface area contributed by atoms with E-state index in [1.807, 2.05) is 10.6 Å². The average molecular weight is 454 g/mol. The predicted molar refractivity (Wildman–Crippen MR) is 95.0 cm³/mol. The minimum atomic E-state index is -1.99. The maximum absolute atomic E-state index is 14.2. The standard InChI is InChI=1S/C20H6F8N4/c21-11-7(5-29)12(22)16(26)19(15(11)25)31-9-3-1-2-4-10(9)32-20-17(27)13(23)8(6-30)14(24)18(20)28/h1-4,31-32H. The van der Waals surface area contributed by atoms with Gasteiger partial charge in [0.15, 0.2) is 46.5 Å². The Morgan fingerprint density at radius 3 is 1.03 bits per heavy atom. The number of anilines is 4. The third kappa shape index (κ3) is 3.52. The Kier molecular flexibility index (Phi) is 5.89. The van der Waals surface area contributed by atoms with Crippen LogP contribution >= 0.6 is 0 Å². The highest BCUT2D eigenvalue weighted by Gasteiger charge is 2.28. The summed E-state index contributed by atoms with van der Waals surface area (Å²) in [4.78, 5) is 0. The first-order valence-electron chi connectivity index (χ1n) is 8.29. The molecule has 0 amide bonds. The number of para-hydroxylation sites is 2. The minimum Gasteiger partial charge on any atom is -0.349 e. The minimum absolute atomic E-state index is 0.433. The van der Waals surface area contributed by atoms with E-state index in [4.69, 9.17) is 10.5 Å². The lowest BCUT2D eigenvalue weighted by molar-refractivity contribution is 0.455. The van der Waals surface area contributed by atoms with Gasteiger partial charge >= 0.3 is 0 Å². The van der Waals surface area contributed by atoms with E-state index in [-0.39, 0.29) is 0 Å². The van der Waals surface area contributed by atoms with Crippen LogP contribution in [0.4, 0.5) is 57.9 Å². The number of nitriles is 2. The van der Waals surface area contributed by atoms with Crippen molar-refractivity contribution in [3.63, 3.8) is 0 Å². The monoisotopic (exact) mass is 454 g/mol. The molecule has 3 aromatic rings. The fraction of sp³-hybridized carbons (Fsp3) is 0. The molecule has 0 spiro atoms. The molecule has 2 N–H and O–H groups in total. The first-order valence-corrected chi connectivity index (χ1v) is 8.29. The zero-order valence-electron chi connectivity index (χ0n) is 15.2. The Labute approximate surface area is 173 Å². The van der Waals surface area contributed by atoms with Gasteiger partial charge in [-0.05, 0) is 12.1 Å². The summed E-state index contributed by atoms with van der Waals surface area (Å²) in [5, 5.41) is 21.2. The molecule has 0 heterocycles. The van der Waals surface area contributed by atoms with E-state index < -0.39 is 80.4 Å². The Hall–Kier alpha value is -4.32. The van der Waals surface area contributed by atoms with Crippen LogP contribution in [-0.2, 0) is 0 Å². The van der Waals surface area contributed by atoms with Crippen LogP contribution in [-0.4, -0.2) is 0 Å². The van der Waals surface area contributed by atoms with Crippen LogP contribution in [0, 0.1) is 69.2 Å². The summed E-state index contributed by atoms with van der Waals surface area (Å²) in [7, 11) is 0. The van der Waals surface area contributed by atoms with E-state index in [1.165, 1.54) is 12.1 Å². The van der Waals surface area contributed by atoms with Crippen LogP contribution < -0.4 is 10.6 Å². The van der Waals surface area contributed by atoms with Crippen molar-refractivity contribution in [2.24, 2.45) is 0 Å². The predicted octanol–water partition coefficient (Wildman–Crippen LogP) is 6.03. The summed E-state index contributed by atoms with van der Waals surface area (Å²) >= 11 is 0. The molecule has 12 heteroatoms. The number of hydrogen-bond acceptors (Lipinski definition) is 4. The van der Waals surface area contributed by atoms with Crippen LogP contribution in [0.25, 0.3) is 0 Å². The third-order valence-electron chi connectivity index (χ3n) is 4.20. The molecule has 0 saturated carbocycles. The summed E-state index contributed by atoms with van der Waals surface area (Å²) in [6, 6.07) is 6.50. The van der Waals surface area contributed by atoms with Crippen LogP contribution in [0.3, 0.4) is 0 Å². The molecular formula is C20H6F8N4. The maximum Gasteiger partial charge on any atom is 0.186 e. The highest BCUT2D eigenvalue weighted by atomic mass is 19.2. The number of halogens is 8. The molecule has 0 aliphatic heterocycles. The zero-order chi connectivity index (χ0) is 23.7. The zero-order valence-corrected chi connectivity index (χ0v) is 15.2. The van der Waals surface area contributed by atoms with Gasteiger partial charge in [-0.15, -0.1) is 0 Å². The van der Waals surface area contributed by atoms with E-state index >= 15 is 0 Å². The summed E-state index contributed by atoms with van der Waals surface area (Å²) in [6.45, 7) is 0. The van der Waals surface area contributed by atoms with Crippen molar-refractivity contribution in [2.45, 2.75) is 0 Å². The van der Waals surface area contributed by atoms with Gasteiger partial charge in [0.1, 0.15) is 34.6 Å². The van der Waals surface area contributed by atoms with E-state index in [0.717, 1.165) is 24.3 Å². The topological polar surface area (TPSA) is 71.6 Å². The first-order chi connectivity index (χ1) is 15.1.